The number of carbonyl (C=O) groups is 1. The first kappa shape index (κ1) is 16.3. The van der Waals surface area contributed by atoms with Gasteiger partial charge in [-0.15, -0.1) is 11.3 Å². The molecule has 0 radical (unpaired) electrons. The first-order valence-corrected chi connectivity index (χ1v) is 7.54. The monoisotopic (exact) mass is 321 g/mol. The molecule has 1 N–H and O–H groups in total. The van der Waals surface area contributed by atoms with Crippen LogP contribution in [0.5, 0.6) is 11.5 Å². The Morgan fingerprint density at radius 2 is 1.91 bits per heavy atom. The second-order valence-corrected chi connectivity index (χ2v) is 5.73. The van der Waals surface area contributed by atoms with Crippen molar-refractivity contribution < 1.29 is 14.3 Å². The lowest BCUT2D eigenvalue weighted by Gasteiger charge is -2.11. The first-order chi connectivity index (χ1) is 10.5. The Hall–Kier alpha value is -2.12. The Morgan fingerprint density at radius 1 is 1.27 bits per heavy atom. The van der Waals surface area contributed by atoms with Crippen LogP contribution in [0, 0.1) is 0 Å². The van der Waals surface area contributed by atoms with Gasteiger partial charge in [-0.25, -0.2) is 4.98 Å². The highest BCUT2D eigenvalue weighted by Gasteiger charge is 2.19. The van der Waals surface area contributed by atoms with Crippen LogP contribution < -0.4 is 14.8 Å². The fraction of sp³-hybridized carbons (Fsp3) is 0.333. The molecule has 0 atom stereocenters. The number of benzene rings is 1. The number of carbonyl (C=O) groups excluding carboxylic acids is 1. The predicted octanol–water partition coefficient (Wildman–Crippen LogP) is 2.47. The second-order valence-electron chi connectivity index (χ2n) is 4.87. The minimum atomic E-state index is -0.306. The number of aromatic nitrogens is 1. The van der Waals surface area contributed by atoms with Crippen molar-refractivity contribution >= 4 is 22.4 Å². The van der Waals surface area contributed by atoms with Crippen molar-refractivity contribution in [1.82, 2.24) is 9.88 Å². The van der Waals surface area contributed by atoms with E-state index in [1.165, 1.54) is 25.6 Å². The number of thiazole rings is 1. The van der Waals surface area contributed by atoms with Crippen molar-refractivity contribution in [1.29, 1.82) is 0 Å². The van der Waals surface area contributed by atoms with Gasteiger partial charge in [0.05, 0.1) is 19.9 Å². The molecule has 1 aromatic heterocycles. The summed E-state index contributed by atoms with van der Waals surface area (Å²) in [5.74, 6) is 0.615. The molecule has 2 rings (SSSR count). The topological polar surface area (TPSA) is 63.7 Å². The molecule has 6 nitrogen and oxygen atoms in total. The summed E-state index contributed by atoms with van der Waals surface area (Å²) in [6.45, 7) is 0.727. The van der Waals surface area contributed by atoms with E-state index in [1.54, 1.807) is 18.2 Å². The third kappa shape index (κ3) is 3.75. The maximum absolute atomic E-state index is 12.5. The minimum absolute atomic E-state index is 0.306. The van der Waals surface area contributed by atoms with Crippen LogP contribution in [0.3, 0.4) is 0 Å². The molecular weight excluding hydrogens is 302 g/mol. The van der Waals surface area contributed by atoms with E-state index >= 15 is 0 Å². The van der Waals surface area contributed by atoms with E-state index in [2.05, 4.69) is 10.3 Å². The Bertz CT molecular complexity index is 633. The molecule has 0 bridgehead atoms. The first-order valence-electron chi connectivity index (χ1n) is 6.66. The smallest absolute Gasteiger partial charge is 0.265 e. The number of hydrogen-bond donors (Lipinski definition) is 1. The Kier molecular flexibility index (Phi) is 5.35. The summed E-state index contributed by atoms with van der Waals surface area (Å²) in [5.41, 5.74) is 1.27. The van der Waals surface area contributed by atoms with E-state index in [0.29, 0.717) is 22.2 Å². The van der Waals surface area contributed by atoms with Crippen molar-refractivity contribution in [2.45, 2.75) is 6.54 Å². The van der Waals surface area contributed by atoms with E-state index in [-0.39, 0.29) is 5.91 Å². The van der Waals surface area contributed by atoms with Crippen LogP contribution in [0.4, 0.5) is 5.13 Å². The van der Waals surface area contributed by atoms with Crippen LogP contribution in [0.25, 0.3) is 0 Å². The molecular formula is C15H19N3O3S. The number of hydrogen-bond acceptors (Lipinski definition) is 6. The van der Waals surface area contributed by atoms with Crippen LogP contribution in [0.15, 0.2) is 23.6 Å². The van der Waals surface area contributed by atoms with Gasteiger partial charge in [-0.3, -0.25) is 10.1 Å². The molecule has 1 aromatic carbocycles. The van der Waals surface area contributed by atoms with Gasteiger partial charge in [0.25, 0.3) is 5.91 Å². The fourth-order valence-corrected chi connectivity index (χ4v) is 2.69. The summed E-state index contributed by atoms with van der Waals surface area (Å²) in [5, 5.41) is 5.27. The molecule has 0 saturated carbocycles. The number of methoxy groups -OCH3 is 2. The van der Waals surface area contributed by atoms with E-state index < -0.39 is 0 Å². The lowest BCUT2D eigenvalue weighted by atomic mass is 10.1. The summed E-state index contributed by atoms with van der Waals surface area (Å²) < 4.78 is 10.5. The zero-order chi connectivity index (χ0) is 16.1. The van der Waals surface area contributed by atoms with Crippen molar-refractivity contribution in [3.63, 3.8) is 0 Å². The molecule has 0 saturated heterocycles. The van der Waals surface area contributed by atoms with E-state index in [9.17, 15) is 4.79 Å². The maximum Gasteiger partial charge on any atom is 0.265 e. The van der Waals surface area contributed by atoms with Crippen LogP contribution >= 0.6 is 11.3 Å². The lowest BCUT2D eigenvalue weighted by molar-refractivity contribution is 0.102. The Morgan fingerprint density at radius 3 is 2.45 bits per heavy atom. The molecule has 2 aromatic rings. The largest absolute Gasteiger partial charge is 0.496 e. The van der Waals surface area contributed by atoms with Gasteiger partial charge in [0.1, 0.15) is 17.1 Å². The quantitative estimate of drug-likeness (QED) is 0.885. The minimum Gasteiger partial charge on any atom is -0.496 e. The zero-order valence-electron chi connectivity index (χ0n) is 13.0. The number of amides is 1. The molecule has 0 spiro atoms. The van der Waals surface area contributed by atoms with Gasteiger partial charge in [0.2, 0.25) is 0 Å². The molecule has 1 heterocycles. The van der Waals surface area contributed by atoms with Gasteiger partial charge in [0.15, 0.2) is 5.13 Å². The standard InChI is InChI=1S/C15H19N3O3S/c1-18(2)8-10-9-22-15(16-10)17-14(19)13-11(20-3)6-5-7-12(13)21-4/h5-7,9H,8H2,1-4H3,(H,16,17,19). The predicted molar refractivity (Wildman–Crippen MR) is 87.0 cm³/mol. The van der Waals surface area contributed by atoms with Crippen LogP contribution in [-0.2, 0) is 6.54 Å². The van der Waals surface area contributed by atoms with E-state index in [4.69, 9.17) is 9.47 Å². The van der Waals surface area contributed by atoms with Crippen LogP contribution in [-0.4, -0.2) is 44.1 Å². The number of ether oxygens (including phenoxy) is 2. The lowest BCUT2D eigenvalue weighted by Crippen LogP contribution is -2.15. The molecule has 0 aliphatic heterocycles. The third-order valence-electron chi connectivity index (χ3n) is 2.91. The van der Waals surface area contributed by atoms with Gasteiger partial charge in [-0.1, -0.05) is 6.07 Å². The summed E-state index contributed by atoms with van der Waals surface area (Å²) >= 11 is 1.39. The average molecular weight is 321 g/mol. The van der Waals surface area contributed by atoms with Crippen LogP contribution in [0.1, 0.15) is 16.1 Å². The highest BCUT2D eigenvalue weighted by molar-refractivity contribution is 7.14. The molecule has 0 unspecified atom stereocenters. The van der Waals surface area contributed by atoms with Gasteiger partial charge < -0.3 is 14.4 Å². The zero-order valence-corrected chi connectivity index (χ0v) is 13.9. The number of nitrogens with zero attached hydrogens (tertiary/aromatic N) is 2. The van der Waals surface area contributed by atoms with Crippen LogP contribution in [0.2, 0.25) is 0 Å². The summed E-state index contributed by atoms with van der Waals surface area (Å²) in [6, 6.07) is 5.21. The highest BCUT2D eigenvalue weighted by atomic mass is 32.1. The molecule has 0 fully saturated rings. The summed E-state index contributed by atoms with van der Waals surface area (Å²) in [6.07, 6.45) is 0. The third-order valence-corrected chi connectivity index (χ3v) is 3.71. The summed E-state index contributed by atoms with van der Waals surface area (Å²) in [4.78, 5) is 18.9. The second kappa shape index (κ2) is 7.24. The molecule has 118 valence electrons. The Labute approximate surface area is 133 Å². The molecule has 1 amide bonds. The SMILES string of the molecule is COc1cccc(OC)c1C(=O)Nc1nc(CN(C)C)cs1. The van der Waals surface area contributed by atoms with Gasteiger partial charge in [0, 0.05) is 11.9 Å². The molecule has 0 aliphatic rings. The van der Waals surface area contributed by atoms with Crippen molar-refractivity contribution in [3.8, 4) is 11.5 Å². The normalized spacial score (nSPS) is 10.6. The maximum atomic E-state index is 12.5. The molecule has 0 aliphatic carbocycles. The number of rotatable bonds is 6. The van der Waals surface area contributed by atoms with Gasteiger partial charge in [-0.2, -0.15) is 0 Å². The fourth-order valence-electron chi connectivity index (χ4n) is 2.00. The number of nitrogens with one attached hydrogen (secondary N) is 1. The average Bonchev–Trinajstić information content (AvgIpc) is 2.92. The summed E-state index contributed by atoms with van der Waals surface area (Å²) in [7, 11) is 6.98. The van der Waals surface area contributed by atoms with Gasteiger partial charge >= 0.3 is 0 Å². The van der Waals surface area contributed by atoms with E-state index in [1.807, 2.05) is 24.4 Å². The van der Waals surface area contributed by atoms with Crippen molar-refractivity contribution in [2.24, 2.45) is 0 Å². The van der Waals surface area contributed by atoms with Crippen molar-refractivity contribution in [2.75, 3.05) is 33.6 Å². The number of anilines is 1. The highest BCUT2D eigenvalue weighted by Crippen LogP contribution is 2.29. The Balaban J connectivity index is 2.20. The molecule has 22 heavy (non-hydrogen) atoms. The molecule has 7 heteroatoms. The van der Waals surface area contributed by atoms with Crippen molar-refractivity contribution in [3.05, 3.63) is 34.8 Å². The van der Waals surface area contributed by atoms with E-state index in [0.717, 1.165) is 12.2 Å². The van der Waals surface area contributed by atoms with Gasteiger partial charge in [-0.05, 0) is 26.2 Å².